The highest BCUT2D eigenvalue weighted by atomic mass is 16.5. The third-order valence-corrected chi connectivity index (χ3v) is 6.45. The smallest absolute Gasteiger partial charge is 0.204 e. The van der Waals surface area contributed by atoms with Gasteiger partial charge < -0.3 is 23.7 Å². The topological polar surface area (TPSA) is 49.4 Å². The summed E-state index contributed by atoms with van der Waals surface area (Å²) in [5.41, 5.74) is 4.62. The van der Waals surface area contributed by atoms with E-state index in [1.807, 2.05) is 42.5 Å². The molecule has 0 aliphatic carbocycles. The van der Waals surface area contributed by atoms with E-state index in [-0.39, 0.29) is 6.04 Å². The van der Waals surface area contributed by atoms with Crippen LogP contribution in [0.15, 0.2) is 54.6 Å². The average Bonchev–Trinajstić information content (AvgIpc) is 2.88. The number of benzene rings is 3. The van der Waals surface area contributed by atoms with Crippen LogP contribution in [0.1, 0.15) is 28.3 Å². The second-order valence-electron chi connectivity index (χ2n) is 8.43. The van der Waals surface area contributed by atoms with Crippen LogP contribution in [0.5, 0.6) is 28.7 Å². The normalized spacial score (nSPS) is 15.4. The maximum Gasteiger partial charge on any atom is 0.204 e. The zero-order valence-electron chi connectivity index (χ0n) is 20.6. The molecule has 0 fully saturated rings. The summed E-state index contributed by atoms with van der Waals surface area (Å²) in [4.78, 5) is 2.37. The highest BCUT2D eigenvalue weighted by Gasteiger charge is 2.32. The molecule has 180 valence electrons. The van der Waals surface area contributed by atoms with Crippen molar-refractivity contribution in [3.05, 3.63) is 76.9 Å². The van der Waals surface area contributed by atoms with Crippen molar-refractivity contribution in [3.8, 4) is 28.7 Å². The summed E-state index contributed by atoms with van der Waals surface area (Å²) in [6.45, 7) is 1.38. The first kappa shape index (κ1) is 23.8. The van der Waals surface area contributed by atoms with Gasteiger partial charge >= 0.3 is 0 Å². The zero-order chi connectivity index (χ0) is 24.1. The van der Waals surface area contributed by atoms with E-state index in [2.05, 4.69) is 24.1 Å². The molecule has 3 aromatic carbocycles. The Morgan fingerprint density at radius 3 is 2.18 bits per heavy atom. The molecule has 0 saturated carbocycles. The highest BCUT2D eigenvalue weighted by molar-refractivity contribution is 5.61. The molecule has 1 heterocycles. The van der Waals surface area contributed by atoms with Crippen molar-refractivity contribution in [2.24, 2.45) is 0 Å². The van der Waals surface area contributed by atoms with Crippen molar-refractivity contribution in [2.75, 3.05) is 42.0 Å². The predicted octanol–water partition coefficient (Wildman–Crippen LogP) is 5.07. The number of hydrogen-bond acceptors (Lipinski definition) is 6. The first-order valence-electron chi connectivity index (χ1n) is 11.4. The number of rotatable bonds is 9. The van der Waals surface area contributed by atoms with Crippen molar-refractivity contribution in [3.63, 3.8) is 0 Å². The fourth-order valence-electron chi connectivity index (χ4n) is 4.64. The second-order valence-corrected chi connectivity index (χ2v) is 8.43. The molecular formula is C28H33NO5. The van der Waals surface area contributed by atoms with E-state index in [9.17, 15) is 0 Å². The SMILES string of the molecule is COc1ccc(C[C@@H]2c3c(cc(OC)c(OCc4ccccc4)c3OC)CCN2C)cc1OC. The molecule has 4 rings (SSSR count). The van der Waals surface area contributed by atoms with Gasteiger partial charge in [0.15, 0.2) is 23.0 Å². The number of hydrogen-bond donors (Lipinski definition) is 0. The van der Waals surface area contributed by atoms with Crippen LogP contribution in [-0.4, -0.2) is 46.9 Å². The molecule has 0 aromatic heterocycles. The van der Waals surface area contributed by atoms with Gasteiger partial charge in [-0.25, -0.2) is 0 Å². The summed E-state index contributed by atoms with van der Waals surface area (Å²) in [6.07, 6.45) is 1.71. The lowest BCUT2D eigenvalue weighted by Crippen LogP contribution is -2.34. The van der Waals surface area contributed by atoms with Crippen molar-refractivity contribution >= 4 is 0 Å². The third kappa shape index (κ3) is 4.77. The van der Waals surface area contributed by atoms with Crippen molar-refractivity contribution in [2.45, 2.75) is 25.5 Å². The molecule has 6 nitrogen and oxygen atoms in total. The molecule has 0 N–H and O–H groups in total. The number of methoxy groups -OCH3 is 4. The zero-order valence-corrected chi connectivity index (χ0v) is 20.6. The van der Waals surface area contributed by atoms with Crippen LogP contribution in [0, 0.1) is 0 Å². The monoisotopic (exact) mass is 463 g/mol. The van der Waals surface area contributed by atoms with Gasteiger partial charge in [0.05, 0.1) is 28.4 Å². The Bertz CT molecular complexity index is 1120. The molecule has 34 heavy (non-hydrogen) atoms. The molecule has 1 atom stereocenters. The van der Waals surface area contributed by atoms with E-state index in [1.165, 1.54) is 5.56 Å². The largest absolute Gasteiger partial charge is 0.493 e. The number of ether oxygens (including phenoxy) is 5. The summed E-state index contributed by atoms with van der Waals surface area (Å²) >= 11 is 0. The van der Waals surface area contributed by atoms with Gasteiger partial charge in [0.2, 0.25) is 5.75 Å². The molecule has 3 aromatic rings. The summed E-state index contributed by atoms with van der Waals surface area (Å²) in [6, 6.07) is 18.4. The minimum absolute atomic E-state index is 0.113. The van der Waals surface area contributed by atoms with Crippen LogP contribution >= 0.6 is 0 Å². The molecule has 0 saturated heterocycles. The van der Waals surface area contributed by atoms with Crippen molar-refractivity contribution in [1.82, 2.24) is 4.90 Å². The van der Waals surface area contributed by atoms with Crippen LogP contribution in [-0.2, 0) is 19.4 Å². The van der Waals surface area contributed by atoms with Crippen molar-refractivity contribution in [1.29, 1.82) is 0 Å². The van der Waals surface area contributed by atoms with Crippen LogP contribution in [0.25, 0.3) is 0 Å². The number of likely N-dealkylation sites (N-methyl/N-ethyl adjacent to an activating group) is 1. The fourth-order valence-corrected chi connectivity index (χ4v) is 4.64. The van der Waals surface area contributed by atoms with E-state index in [4.69, 9.17) is 23.7 Å². The third-order valence-electron chi connectivity index (χ3n) is 6.45. The summed E-state index contributed by atoms with van der Waals surface area (Å²) in [5, 5.41) is 0. The van der Waals surface area contributed by atoms with Gasteiger partial charge in [-0.05, 0) is 54.8 Å². The predicted molar refractivity (Wildman–Crippen MR) is 133 cm³/mol. The van der Waals surface area contributed by atoms with Gasteiger partial charge in [-0.1, -0.05) is 36.4 Å². The Morgan fingerprint density at radius 2 is 1.50 bits per heavy atom. The number of fused-ring (bicyclic) bond motifs is 1. The lowest BCUT2D eigenvalue weighted by atomic mass is 9.87. The van der Waals surface area contributed by atoms with Gasteiger partial charge in [-0.15, -0.1) is 0 Å². The van der Waals surface area contributed by atoms with E-state index >= 15 is 0 Å². The summed E-state index contributed by atoms with van der Waals surface area (Å²) in [7, 11) is 8.84. The van der Waals surface area contributed by atoms with Gasteiger partial charge in [0.25, 0.3) is 0 Å². The number of nitrogens with zero attached hydrogens (tertiary/aromatic N) is 1. The molecule has 0 radical (unpaired) electrons. The van der Waals surface area contributed by atoms with Gasteiger partial charge in [0, 0.05) is 18.2 Å². The first-order valence-corrected chi connectivity index (χ1v) is 11.4. The Kier molecular flexibility index (Phi) is 7.48. The minimum Gasteiger partial charge on any atom is -0.493 e. The molecule has 0 amide bonds. The fraction of sp³-hybridized carbons (Fsp3) is 0.357. The molecule has 0 bridgehead atoms. The first-order chi connectivity index (χ1) is 16.6. The maximum absolute atomic E-state index is 6.30. The Hall–Kier alpha value is -3.38. The second kappa shape index (κ2) is 10.7. The lowest BCUT2D eigenvalue weighted by Gasteiger charge is -2.36. The van der Waals surface area contributed by atoms with E-state index in [1.54, 1.807) is 28.4 Å². The molecule has 1 aliphatic rings. The van der Waals surface area contributed by atoms with Crippen LogP contribution in [0.2, 0.25) is 0 Å². The molecule has 6 heteroatoms. The average molecular weight is 464 g/mol. The van der Waals surface area contributed by atoms with Gasteiger partial charge in [-0.3, -0.25) is 4.90 Å². The lowest BCUT2D eigenvalue weighted by molar-refractivity contribution is 0.214. The summed E-state index contributed by atoms with van der Waals surface area (Å²) in [5.74, 6) is 3.53. The molecule has 0 unspecified atom stereocenters. The van der Waals surface area contributed by atoms with E-state index in [0.717, 1.165) is 53.3 Å². The van der Waals surface area contributed by atoms with E-state index in [0.29, 0.717) is 18.1 Å². The quantitative estimate of drug-likeness (QED) is 0.442. The minimum atomic E-state index is 0.113. The maximum atomic E-state index is 6.30. The standard InChI is InChI=1S/C28H33NO5/c1-29-14-13-21-17-25(32-4)27(34-18-19-9-7-6-8-10-19)28(33-5)26(21)22(29)15-20-11-12-23(30-2)24(16-20)31-3/h6-12,16-17,22H,13-15,18H2,1-5H3/t22-/m1/s1. The molecule has 0 spiro atoms. The highest BCUT2D eigenvalue weighted by Crippen LogP contribution is 2.48. The Morgan fingerprint density at radius 1 is 0.765 bits per heavy atom. The van der Waals surface area contributed by atoms with Crippen LogP contribution in [0.4, 0.5) is 0 Å². The Balaban J connectivity index is 1.73. The van der Waals surface area contributed by atoms with Crippen molar-refractivity contribution < 1.29 is 23.7 Å². The molecule has 1 aliphatic heterocycles. The van der Waals surface area contributed by atoms with E-state index < -0.39 is 0 Å². The Labute approximate surface area is 202 Å². The van der Waals surface area contributed by atoms with Crippen LogP contribution in [0.3, 0.4) is 0 Å². The van der Waals surface area contributed by atoms with Crippen LogP contribution < -0.4 is 23.7 Å². The molecular weight excluding hydrogens is 430 g/mol. The van der Waals surface area contributed by atoms with Gasteiger partial charge in [-0.2, -0.15) is 0 Å². The summed E-state index contributed by atoms with van der Waals surface area (Å²) < 4.78 is 29.0. The van der Waals surface area contributed by atoms with Gasteiger partial charge in [0.1, 0.15) is 6.61 Å².